The summed E-state index contributed by atoms with van der Waals surface area (Å²) in [5.74, 6) is -2.20. The van der Waals surface area contributed by atoms with Crippen molar-refractivity contribution >= 4 is 51.8 Å². The lowest BCUT2D eigenvalue weighted by Gasteiger charge is -2.13. The molecule has 0 saturated heterocycles. The van der Waals surface area contributed by atoms with E-state index in [1.54, 1.807) is 18.2 Å². The van der Waals surface area contributed by atoms with Crippen molar-refractivity contribution in [1.82, 2.24) is 4.98 Å². The summed E-state index contributed by atoms with van der Waals surface area (Å²) in [6.45, 7) is 0. The summed E-state index contributed by atoms with van der Waals surface area (Å²) >= 11 is 6.99. The normalized spacial score (nSPS) is 12.8. The zero-order valence-electron chi connectivity index (χ0n) is 15.1. The average Bonchev–Trinajstić information content (AvgIpc) is 3.15. The molecule has 1 heterocycles. The van der Waals surface area contributed by atoms with Crippen molar-refractivity contribution in [2.45, 2.75) is 24.2 Å². The summed E-state index contributed by atoms with van der Waals surface area (Å²) < 4.78 is 13.3. The Kier molecular flexibility index (Phi) is 5.43. The number of hydrogen-bond acceptors (Lipinski definition) is 5. The Labute approximate surface area is 175 Å². The highest BCUT2D eigenvalue weighted by Gasteiger charge is 2.21. The molecule has 1 amide bonds. The molecule has 1 aliphatic carbocycles. The average molecular weight is 430 g/mol. The largest absolute Gasteiger partial charge is 0.549 e. The van der Waals surface area contributed by atoms with E-state index < -0.39 is 11.8 Å². The zero-order valence-corrected chi connectivity index (χ0v) is 16.7. The number of hydrogen-bond donors (Lipinski definition) is 1. The number of carbonyl (C=O) groups excluding carboxylic acids is 2. The fourth-order valence-electron chi connectivity index (χ4n) is 3.43. The lowest BCUT2D eigenvalue weighted by Crippen LogP contribution is -2.24. The van der Waals surface area contributed by atoms with Crippen LogP contribution in [0.1, 0.15) is 28.0 Å². The number of aromatic nitrogens is 1. The minimum Gasteiger partial charge on any atom is -0.549 e. The molecule has 2 aromatic carbocycles. The van der Waals surface area contributed by atoms with Crippen LogP contribution in [-0.2, 0) is 17.6 Å². The number of amides is 1. The minimum absolute atomic E-state index is 0.0758. The van der Waals surface area contributed by atoms with Crippen LogP contribution in [0.25, 0.3) is 10.9 Å². The molecule has 8 heteroatoms. The van der Waals surface area contributed by atoms with Crippen molar-refractivity contribution < 1.29 is 19.1 Å². The second kappa shape index (κ2) is 8.00. The van der Waals surface area contributed by atoms with Gasteiger partial charge in [-0.2, -0.15) is 0 Å². The Hall–Kier alpha value is -2.64. The smallest absolute Gasteiger partial charge is 0.255 e. The number of aliphatic carboxylic acids is 1. The Morgan fingerprint density at radius 3 is 2.79 bits per heavy atom. The molecule has 0 fully saturated rings. The second-order valence-electron chi connectivity index (χ2n) is 6.70. The van der Waals surface area contributed by atoms with Gasteiger partial charge in [-0.15, -0.1) is 11.8 Å². The summed E-state index contributed by atoms with van der Waals surface area (Å²) in [7, 11) is 0. The number of carboxylic acids is 1. The van der Waals surface area contributed by atoms with Gasteiger partial charge in [0.2, 0.25) is 0 Å². The molecule has 0 aliphatic heterocycles. The highest BCUT2D eigenvalue weighted by molar-refractivity contribution is 8.00. The standard InChI is InChI=1S/C21H16ClFN2O3S/c22-15-9-12(5-7-16(15)23)24-21(28)11-4-6-14-18(8-11)25-17-3-1-2-13(17)20(14)29-10-19(26)27/h4-9H,1-3,10H2,(H,24,28)(H,26,27)/p-1. The summed E-state index contributed by atoms with van der Waals surface area (Å²) in [4.78, 5) is 29.1. The van der Waals surface area contributed by atoms with Crippen molar-refractivity contribution in [2.75, 3.05) is 11.1 Å². The van der Waals surface area contributed by atoms with Gasteiger partial charge in [0.15, 0.2) is 0 Å². The van der Waals surface area contributed by atoms with Crippen molar-refractivity contribution in [3.63, 3.8) is 0 Å². The number of carboxylic acid groups (broad SMARTS) is 1. The predicted octanol–water partition coefficient (Wildman–Crippen LogP) is 3.61. The first-order chi connectivity index (χ1) is 13.9. The van der Waals surface area contributed by atoms with Crippen molar-refractivity contribution in [1.29, 1.82) is 0 Å². The molecule has 0 unspecified atom stereocenters. The van der Waals surface area contributed by atoms with E-state index >= 15 is 0 Å². The number of fused-ring (bicyclic) bond motifs is 2. The number of nitrogens with one attached hydrogen (secondary N) is 1. The Balaban J connectivity index is 1.68. The maximum absolute atomic E-state index is 13.3. The van der Waals surface area contributed by atoms with Gasteiger partial charge in [-0.3, -0.25) is 9.78 Å². The van der Waals surface area contributed by atoms with Gasteiger partial charge in [0.05, 0.1) is 16.5 Å². The SMILES string of the molecule is O=C([O-])CSc1c2c(nc3cc(C(=O)Nc4ccc(F)c(Cl)c4)ccc13)CCC2. The van der Waals surface area contributed by atoms with Gasteiger partial charge in [-0.05, 0) is 55.2 Å². The number of rotatable bonds is 5. The number of halogens is 2. The third-order valence-electron chi connectivity index (χ3n) is 4.73. The van der Waals surface area contributed by atoms with Crippen LogP contribution in [0.15, 0.2) is 41.3 Å². The monoisotopic (exact) mass is 429 g/mol. The van der Waals surface area contributed by atoms with Crippen LogP contribution in [-0.4, -0.2) is 22.6 Å². The third kappa shape index (κ3) is 4.06. The van der Waals surface area contributed by atoms with Gasteiger partial charge in [0.1, 0.15) is 5.82 Å². The van der Waals surface area contributed by atoms with Gasteiger partial charge < -0.3 is 15.2 Å². The van der Waals surface area contributed by atoms with Crippen LogP contribution in [0.3, 0.4) is 0 Å². The summed E-state index contributed by atoms with van der Waals surface area (Å²) in [6, 6.07) is 9.08. The zero-order chi connectivity index (χ0) is 20.5. The highest BCUT2D eigenvalue weighted by atomic mass is 35.5. The van der Waals surface area contributed by atoms with E-state index in [-0.39, 0.29) is 16.7 Å². The number of anilines is 1. The van der Waals surface area contributed by atoms with Gasteiger partial charge in [0.25, 0.3) is 5.91 Å². The van der Waals surface area contributed by atoms with Crippen LogP contribution in [0.5, 0.6) is 0 Å². The van der Waals surface area contributed by atoms with Crippen molar-refractivity contribution in [3.05, 3.63) is 64.1 Å². The number of carbonyl (C=O) groups is 2. The van der Waals surface area contributed by atoms with Gasteiger partial charge in [0, 0.05) is 33.0 Å². The quantitative estimate of drug-likeness (QED) is 0.626. The number of benzene rings is 2. The first-order valence-electron chi connectivity index (χ1n) is 8.97. The molecule has 0 bridgehead atoms. The van der Waals surface area contributed by atoms with Gasteiger partial charge >= 0.3 is 0 Å². The topological polar surface area (TPSA) is 82.1 Å². The molecular formula is C21H15ClFN2O3S-. The minimum atomic E-state index is -1.12. The molecule has 3 aromatic rings. The van der Waals surface area contributed by atoms with Crippen LogP contribution in [0, 0.1) is 5.82 Å². The molecule has 5 nitrogen and oxygen atoms in total. The fraction of sp³-hybridized carbons (Fsp3) is 0.190. The van der Waals surface area contributed by atoms with E-state index in [0.717, 1.165) is 40.8 Å². The highest BCUT2D eigenvalue weighted by Crippen LogP contribution is 2.37. The van der Waals surface area contributed by atoms with E-state index in [1.807, 2.05) is 0 Å². The number of thioether (sulfide) groups is 1. The lowest BCUT2D eigenvalue weighted by molar-refractivity contribution is -0.301. The van der Waals surface area contributed by atoms with Crippen LogP contribution in [0.2, 0.25) is 5.02 Å². The van der Waals surface area contributed by atoms with Crippen LogP contribution < -0.4 is 10.4 Å². The Morgan fingerprint density at radius 2 is 2.03 bits per heavy atom. The maximum atomic E-state index is 13.3. The predicted molar refractivity (Wildman–Crippen MR) is 109 cm³/mol. The molecule has 29 heavy (non-hydrogen) atoms. The van der Waals surface area contributed by atoms with Gasteiger partial charge in [-0.1, -0.05) is 17.7 Å². The van der Waals surface area contributed by atoms with E-state index in [0.29, 0.717) is 16.8 Å². The lowest BCUT2D eigenvalue weighted by atomic mass is 10.1. The maximum Gasteiger partial charge on any atom is 0.255 e. The molecule has 148 valence electrons. The van der Waals surface area contributed by atoms with Gasteiger partial charge in [-0.25, -0.2) is 4.39 Å². The molecule has 1 aliphatic rings. The molecule has 0 atom stereocenters. The fourth-order valence-corrected chi connectivity index (χ4v) is 4.60. The number of aryl methyl sites for hydroxylation is 1. The van der Waals surface area contributed by atoms with E-state index in [2.05, 4.69) is 5.32 Å². The third-order valence-corrected chi connectivity index (χ3v) is 6.16. The molecular weight excluding hydrogens is 415 g/mol. The second-order valence-corrected chi connectivity index (χ2v) is 8.09. The summed E-state index contributed by atoms with van der Waals surface area (Å²) in [5.41, 5.74) is 3.44. The van der Waals surface area contributed by atoms with E-state index in [4.69, 9.17) is 16.6 Å². The molecule has 1 N–H and O–H groups in total. The number of pyridine rings is 1. The first kappa shape index (κ1) is 19.7. The summed E-state index contributed by atoms with van der Waals surface area (Å²) in [6.07, 6.45) is 2.66. The van der Waals surface area contributed by atoms with Crippen molar-refractivity contribution in [2.24, 2.45) is 0 Å². The van der Waals surface area contributed by atoms with E-state index in [1.165, 1.54) is 30.0 Å². The summed E-state index contributed by atoms with van der Waals surface area (Å²) in [5, 5.41) is 14.4. The molecule has 0 saturated carbocycles. The molecule has 0 radical (unpaired) electrons. The van der Waals surface area contributed by atoms with Crippen LogP contribution in [0.4, 0.5) is 10.1 Å². The van der Waals surface area contributed by atoms with Crippen molar-refractivity contribution in [3.8, 4) is 0 Å². The molecule has 4 rings (SSSR count). The number of nitrogens with zero attached hydrogens (tertiary/aromatic N) is 1. The van der Waals surface area contributed by atoms with Crippen LogP contribution >= 0.6 is 23.4 Å². The Bertz CT molecular complexity index is 1150. The molecule has 1 aromatic heterocycles. The molecule has 0 spiro atoms. The first-order valence-corrected chi connectivity index (χ1v) is 10.3. The Morgan fingerprint density at radius 1 is 1.21 bits per heavy atom. The van der Waals surface area contributed by atoms with E-state index in [9.17, 15) is 19.1 Å².